The minimum absolute atomic E-state index is 0.0818. The Morgan fingerprint density at radius 3 is 2.79 bits per heavy atom. The van der Waals surface area contributed by atoms with Crippen LogP contribution in [0.2, 0.25) is 0 Å². The highest BCUT2D eigenvalue weighted by atomic mass is 32.2. The third kappa shape index (κ3) is 3.22. The summed E-state index contributed by atoms with van der Waals surface area (Å²) in [5.74, 6) is 0. The first-order chi connectivity index (χ1) is 9.03. The standard InChI is InChI=1S/C11H14N4O2S2/c1-13-19(16,17)11-3-2-8(4-10(11)12)15-6-9-5-14-7-18-9/h2-5,7,13,15H,6,12H2,1H3. The smallest absolute Gasteiger partial charge is 0.242 e. The fourth-order valence-corrected chi connectivity index (χ4v) is 2.90. The van der Waals surface area contributed by atoms with Gasteiger partial charge in [-0.15, -0.1) is 11.3 Å². The van der Waals surface area contributed by atoms with E-state index in [1.807, 2.05) is 0 Å². The molecule has 0 radical (unpaired) electrons. The molecule has 6 nitrogen and oxygen atoms in total. The summed E-state index contributed by atoms with van der Waals surface area (Å²) in [5, 5.41) is 3.16. The van der Waals surface area contributed by atoms with Crippen molar-refractivity contribution in [2.75, 3.05) is 18.1 Å². The van der Waals surface area contributed by atoms with Crippen molar-refractivity contribution in [3.63, 3.8) is 0 Å². The third-order valence-corrected chi connectivity index (χ3v) is 4.79. The van der Waals surface area contributed by atoms with Gasteiger partial charge in [-0.1, -0.05) is 0 Å². The normalized spacial score (nSPS) is 11.4. The molecule has 1 aromatic carbocycles. The van der Waals surface area contributed by atoms with Crippen molar-refractivity contribution < 1.29 is 8.42 Å². The molecule has 2 rings (SSSR count). The molecule has 0 unspecified atom stereocenters. The first-order valence-corrected chi connectivity index (χ1v) is 7.83. The number of nitrogens with zero attached hydrogens (tertiary/aromatic N) is 1. The zero-order valence-corrected chi connectivity index (χ0v) is 11.9. The van der Waals surface area contributed by atoms with Crippen LogP contribution in [0.1, 0.15) is 4.88 Å². The molecule has 0 aliphatic rings. The molecule has 8 heteroatoms. The molecule has 0 bridgehead atoms. The Morgan fingerprint density at radius 2 is 2.21 bits per heavy atom. The van der Waals surface area contributed by atoms with Crippen molar-refractivity contribution in [2.45, 2.75) is 11.4 Å². The highest BCUT2D eigenvalue weighted by Gasteiger charge is 2.15. The van der Waals surface area contributed by atoms with Crippen LogP contribution in [0.3, 0.4) is 0 Å². The number of anilines is 2. The fraction of sp³-hybridized carbons (Fsp3) is 0.182. The van der Waals surface area contributed by atoms with E-state index in [1.165, 1.54) is 13.1 Å². The molecule has 0 saturated carbocycles. The van der Waals surface area contributed by atoms with Gasteiger partial charge in [0.2, 0.25) is 10.0 Å². The van der Waals surface area contributed by atoms with E-state index in [2.05, 4.69) is 15.0 Å². The lowest BCUT2D eigenvalue weighted by atomic mass is 10.3. The Kier molecular flexibility index (Phi) is 4.03. The maximum absolute atomic E-state index is 11.7. The molecule has 1 aromatic heterocycles. The average Bonchev–Trinajstić information content (AvgIpc) is 2.89. The Bertz CT molecular complexity index is 653. The van der Waals surface area contributed by atoms with Crippen molar-refractivity contribution in [3.8, 4) is 0 Å². The van der Waals surface area contributed by atoms with E-state index in [0.717, 1.165) is 10.6 Å². The van der Waals surface area contributed by atoms with E-state index in [4.69, 9.17) is 5.73 Å². The average molecular weight is 298 g/mol. The number of benzene rings is 1. The Morgan fingerprint density at radius 1 is 1.42 bits per heavy atom. The summed E-state index contributed by atoms with van der Waals surface area (Å²) in [6, 6.07) is 4.77. The van der Waals surface area contributed by atoms with Crippen molar-refractivity contribution in [1.82, 2.24) is 9.71 Å². The van der Waals surface area contributed by atoms with Crippen LogP contribution in [-0.4, -0.2) is 20.4 Å². The maximum Gasteiger partial charge on any atom is 0.242 e. The van der Waals surface area contributed by atoms with Gasteiger partial charge in [0, 0.05) is 16.8 Å². The summed E-state index contributed by atoms with van der Waals surface area (Å²) in [6.45, 7) is 0.627. The lowest BCUT2D eigenvalue weighted by molar-refractivity contribution is 0.588. The van der Waals surface area contributed by atoms with Crippen LogP contribution in [0.15, 0.2) is 34.8 Å². The van der Waals surface area contributed by atoms with Gasteiger partial charge in [-0.05, 0) is 25.2 Å². The second-order valence-electron chi connectivity index (χ2n) is 3.78. The summed E-state index contributed by atoms with van der Waals surface area (Å²) >= 11 is 1.55. The Labute approximate surface area is 115 Å². The molecule has 102 valence electrons. The van der Waals surface area contributed by atoms with Crippen molar-refractivity contribution in [3.05, 3.63) is 34.8 Å². The predicted molar refractivity (Wildman–Crippen MR) is 76.5 cm³/mol. The van der Waals surface area contributed by atoms with Gasteiger partial charge in [0.1, 0.15) is 4.90 Å². The van der Waals surface area contributed by atoms with Gasteiger partial charge in [-0.25, -0.2) is 13.1 Å². The molecule has 4 N–H and O–H groups in total. The molecule has 0 amide bonds. The minimum Gasteiger partial charge on any atom is -0.398 e. The first kappa shape index (κ1) is 13.8. The van der Waals surface area contributed by atoms with Crippen LogP contribution in [0.25, 0.3) is 0 Å². The molecule has 0 aliphatic carbocycles. The van der Waals surface area contributed by atoms with Crippen LogP contribution >= 0.6 is 11.3 Å². The molecule has 0 fully saturated rings. The number of nitrogen functional groups attached to an aromatic ring is 1. The fourth-order valence-electron chi connectivity index (χ4n) is 1.53. The van der Waals surface area contributed by atoms with Gasteiger partial charge >= 0.3 is 0 Å². The van der Waals surface area contributed by atoms with E-state index < -0.39 is 10.0 Å². The number of hydrogen-bond acceptors (Lipinski definition) is 6. The number of sulfonamides is 1. The lowest BCUT2D eigenvalue weighted by Gasteiger charge is -2.09. The molecule has 0 spiro atoms. The quantitative estimate of drug-likeness (QED) is 0.722. The number of nitrogens with one attached hydrogen (secondary N) is 2. The van der Waals surface area contributed by atoms with Crippen LogP contribution in [-0.2, 0) is 16.6 Å². The van der Waals surface area contributed by atoms with Crippen LogP contribution in [0.5, 0.6) is 0 Å². The summed E-state index contributed by atoms with van der Waals surface area (Å²) in [7, 11) is -2.16. The molecule has 2 aromatic rings. The van der Waals surface area contributed by atoms with Crippen LogP contribution in [0.4, 0.5) is 11.4 Å². The number of thiazole rings is 1. The molecule has 19 heavy (non-hydrogen) atoms. The summed E-state index contributed by atoms with van der Waals surface area (Å²) in [6.07, 6.45) is 1.78. The van der Waals surface area contributed by atoms with E-state index in [9.17, 15) is 8.42 Å². The summed E-state index contributed by atoms with van der Waals surface area (Å²) < 4.78 is 25.6. The molecular formula is C11H14N4O2S2. The van der Waals surface area contributed by atoms with Gasteiger partial charge in [0.15, 0.2) is 0 Å². The van der Waals surface area contributed by atoms with E-state index >= 15 is 0 Å². The number of aromatic nitrogens is 1. The van der Waals surface area contributed by atoms with Crippen LogP contribution < -0.4 is 15.8 Å². The lowest BCUT2D eigenvalue weighted by Crippen LogP contribution is -2.19. The SMILES string of the molecule is CNS(=O)(=O)c1ccc(NCc2cncs2)cc1N. The first-order valence-electron chi connectivity index (χ1n) is 5.47. The van der Waals surface area contributed by atoms with E-state index in [-0.39, 0.29) is 10.6 Å². The predicted octanol–water partition coefficient (Wildman–Crippen LogP) is 1.25. The van der Waals surface area contributed by atoms with Gasteiger partial charge in [-0.2, -0.15) is 0 Å². The Balaban J connectivity index is 2.15. The number of nitrogens with two attached hydrogens (primary N) is 1. The second-order valence-corrected chi connectivity index (χ2v) is 6.61. The van der Waals surface area contributed by atoms with Gasteiger partial charge in [0.05, 0.1) is 17.7 Å². The van der Waals surface area contributed by atoms with E-state index in [0.29, 0.717) is 6.54 Å². The summed E-state index contributed by atoms with van der Waals surface area (Å²) in [4.78, 5) is 5.15. The molecular weight excluding hydrogens is 284 g/mol. The van der Waals surface area contributed by atoms with Crippen molar-refractivity contribution in [1.29, 1.82) is 0 Å². The highest BCUT2D eigenvalue weighted by molar-refractivity contribution is 7.89. The molecule has 0 saturated heterocycles. The monoisotopic (exact) mass is 298 g/mol. The van der Waals surface area contributed by atoms with Crippen LogP contribution in [0, 0.1) is 0 Å². The zero-order chi connectivity index (χ0) is 13.9. The van der Waals surface area contributed by atoms with E-state index in [1.54, 1.807) is 35.2 Å². The molecule has 0 aliphatic heterocycles. The minimum atomic E-state index is -3.51. The highest BCUT2D eigenvalue weighted by Crippen LogP contribution is 2.22. The maximum atomic E-state index is 11.7. The van der Waals surface area contributed by atoms with Gasteiger partial charge < -0.3 is 11.1 Å². The van der Waals surface area contributed by atoms with Gasteiger partial charge in [0.25, 0.3) is 0 Å². The third-order valence-electron chi connectivity index (χ3n) is 2.52. The number of rotatable bonds is 5. The molecule has 1 heterocycles. The zero-order valence-electron chi connectivity index (χ0n) is 10.3. The van der Waals surface area contributed by atoms with Crippen molar-refractivity contribution in [2.24, 2.45) is 0 Å². The largest absolute Gasteiger partial charge is 0.398 e. The number of hydrogen-bond donors (Lipinski definition) is 3. The van der Waals surface area contributed by atoms with Crippen molar-refractivity contribution >= 4 is 32.7 Å². The van der Waals surface area contributed by atoms with Gasteiger partial charge in [-0.3, -0.25) is 4.98 Å². The molecule has 0 atom stereocenters. The Hall–Kier alpha value is -1.64. The topological polar surface area (TPSA) is 97.1 Å². The summed E-state index contributed by atoms with van der Waals surface area (Å²) in [5.41, 5.74) is 8.50. The second kappa shape index (κ2) is 5.55.